The second kappa shape index (κ2) is 6.75. The number of nitrogens with zero attached hydrogens (tertiary/aromatic N) is 2. The maximum atomic E-state index is 12.1. The molecule has 0 radical (unpaired) electrons. The molecule has 0 saturated heterocycles. The summed E-state index contributed by atoms with van der Waals surface area (Å²) >= 11 is 0. The van der Waals surface area contributed by atoms with Crippen LogP contribution in [0.4, 0.5) is 0 Å². The van der Waals surface area contributed by atoms with Gasteiger partial charge in [0.15, 0.2) is 0 Å². The van der Waals surface area contributed by atoms with Crippen LogP contribution < -0.4 is 11.1 Å². The Hall–Kier alpha value is -2.14. The highest BCUT2D eigenvalue weighted by atomic mass is 16.1. The molecule has 1 aromatic carbocycles. The zero-order chi connectivity index (χ0) is 15.4. The SMILES string of the molecule is NC1CCC(NC(=O)Cc2ccc(-n3cccn3)cc2)CC1. The van der Waals surface area contributed by atoms with Gasteiger partial charge in [-0.05, 0) is 49.4 Å². The molecule has 3 N–H and O–H groups in total. The summed E-state index contributed by atoms with van der Waals surface area (Å²) in [5.41, 5.74) is 7.90. The van der Waals surface area contributed by atoms with Gasteiger partial charge in [0.25, 0.3) is 0 Å². The molecule has 0 bridgehead atoms. The van der Waals surface area contributed by atoms with E-state index in [9.17, 15) is 4.79 Å². The predicted molar refractivity (Wildman–Crippen MR) is 85.6 cm³/mol. The lowest BCUT2D eigenvalue weighted by Gasteiger charge is -2.26. The van der Waals surface area contributed by atoms with Gasteiger partial charge in [-0.1, -0.05) is 12.1 Å². The van der Waals surface area contributed by atoms with Crippen LogP contribution in [0.25, 0.3) is 5.69 Å². The van der Waals surface area contributed by atoms with Gasteiger partial charge in [-0.25, -0.2) is 4.68 Å². The van der Waals surface area contributed by atoms with Crippen LogP contribution in [0.5, 0.6) is 0 Å². The minimum Gasteiger partial charge on any atom is -0.353 e. The third-order valence-corrected chi connectivity index (χ3v) is 4.21. The van der Waals surface area contributed by atoms with Crippen LogP contribution >= 0.6 is 0 Å². The lowest BCUT2D eigenvalue weighted by Crippen LogP contribution is -2.41. The summed E-state index contributed by atoms with van der Waals surface area (Å²) in [6.07, 6.45) is 8.05. The molecule has 1 aliphatic rings. The number of nitrogens with two attached hydrogens (primary N) is 1. The molecule has 2 aromatic rings. The van der Waals surface area contributed by atoms with Crippen molar-refractivity contribution in [1.82, 2.24) is 15.1 Å². The summed E-state index contributed by atoms with van der Waals surface area (Å²) in [6.45, 7) is 0. The van der Waals surface area contributed by atoms with E-state index in [0.717, 1.165) is 36.9 Å². The summed E-state index contributed by atoms with van der Waals surface area (Å²) in [6, 6.07) is 10.4. The number of carbonyl (C=O) groups is 1. The Labute approximate surface area is 130 Å². The Morgan fingerprint density at radius 3 is 2.59 bits per heavy atom. The number of carbonyl (C=O) groups excluding carboxylic acids is 1. The fourth-order valence-corrected chi connectivity index (χ4v) is 2.92. The largest absolute Gasteiger partial charge is 0.353 e. The average Bonchev–Trinajstić information content (AvgIpc) is 3.05. The van der Waals surface area contributed by atoms with E-state index in [4.69, 9.17) is 5.73 Å². The zero-order valence-corrected chi connectivity index (χ0v) is 12.6. The van der Waals surface area contributed by atoms with E-state index < -0.39 is 0 Å². The van der Waals surface area contributed by atoms with Crippen LogP contribution in [0.15, 0.2) is 42.7 Å². The van der Waals surface area contributed by atoms with Gasteiger partial charge in [-0.2, -0.15) is 5.10 Å². The van der Waals surface area contributed by atoms with Crippen LogP contribution in [0, 0.1) is 0 Å². The van der Waals surface area contributed by atoms with Crippen LogP contribution in [0.1, 0.15) is 31.2 Å². The lowest BCUT2D eigenvalue weighted by molar-refractivity contribution is -0.121. The topological polar surface area (TPSA) is 72.9 Å². The molecule has 1 amide bonds. The highest BCUT2D eigenvalue weighted by Crippen LogP contribution is 2.17. The molecule has 0 unspecified atom stereocenters. The number of hydrogen-bond acceptors (Lipinski definition) is 3. The van der Waals surface area contributed by atoms with E-state index in [-0.39, 0.29) is 11.9 Å². The van der Waals surface area contributed by atoms with Crippen molar-refractivity contribution in [2.24, 2.45) is 5.73 Å². The summed E-state index contributed by atoms with van der Waals surface area (Å²) in [4.78, 5) is 12.1. The number of rotatable bonds is 4. The number of benzene rings is 1. The predicted octanol–water partition coefficient (Wildman–Crippen LogP) is 1.80. The van der Waals surface area contributed by atoms with Crippen LogP contribution in [0.2, 0.25) is 0 Å². The molecule has 1 aliphatic carbocycles. The molecule has 1 fully saturated rings. The first kappa shape index (κ1) is 14.8. The van der Waals surface area contributed by atoms with Crippen molar-refractivity contribution in [1.29, 1.82) is 0 Å². The first-order valence-electron chi connectivity index (χ1n) is 7.84. The summed E-state index contributed by atoms with van der Waals surface area (Å²) in [7, 11) is 0. The van der Waals surface area contributed by atoms with Crippen molar-refractivity contribution in [3.05, 3.63) is 48.3 Å². The monoisotopic (exact) mass is 298 g/mol. The van der Waals surface area contributed by atoms with Crippen LogP contribution in [0.3, 0.4) is 0 Å². The van der Waals surface area contributed by atoms with Crippen molar-refractivity contribution in [3.8, 4) is 5.69 Å². The third-order valence-electron chi connectivity index (χ3n) is 4.21. The molecule has 1 saturated carbocycles. The minimum absolute atomic E-state index is 0.0901. The van der Waals surface area contributed by atoms with E-state index in [1.54, 1.807) is 10.9 Å². The Morgan fingerprint density at radius 1 is 1.23 bits per heavy atom. The maximum Gasteiger partial charge on any atom is 0.224 e. The Balaban J connectivity index is 1.53. The van der Waals surface area contributed by atoms with E-state index in [2.05, 4.69) is 10.4 Å². The van der Waals surface area contributed by atoms with Crippen molar-refractivity contribution < 1.29 is 4.79 Å². The van der Waals surface area contributed by atoms with Gasteiger partial charge in [0.2, 0.25) is 5.91 Å². The smallest absolute Gasteiger partial charge is 0.224 e. The number of hydrogen-bond donors (Lipinski definition) is 2. The molecular weight excluding hydrogens is 276 g/mol. The minimum atomic E-state index is 0.0901. The van der Waals surface area contributed by atoms with Gasteiger partial charge in [-0.15, -0.1) is 0 Å². The highest BCUT2D eigenvalue weighted by Gasteiger charge is 2.19. The fraction of sp³-hybridized carbons (Fsp3) is 0.412. The summed E-state index contributed by atoms with van der Waals surface area (Å²) in [5.74, 6) is 0.0901. The molecular formula is C17H22N4O. The fourth-order valence-electron chi connectivity index (χ4n) is 2.92. The van der Waals surface area contributed by atoms with E-state index in [1.165, 1.54) is 0 Å². The number of amides is 1. The number of nitrogens with one attached hydrogen (secondary N) is 1. The zero-order valence-electron chi connectivity index (χ0n) is 12.6. The van der Waals surface area contributed by atoms with Crippen molar-refractivity contribution >= 4 is 5.91 Å². The van der Waals surface area contributed by atoms with Crippen molar-refractivity contribution in [3.63, 3.8) is 0 Å². The van der Waals surface area contributed by atoms with Gasteiger partial charge < -0.3 is 11.1 Å². The van der Waals surface area contributed by atoms with Crippen molar-refractivity contribution in [2.75, 3.05) is 0 Å². The molecule has 0 spiro atoms. The molecule has 5 nitrogen and oxygen atoms in total. The highest BCUT2D eigenvalue weighted by molar-refractivity contribution is 5.78. The Bertz CT molecular complexity index is 598. The standard InChI is InChI=1S/C17H22N4O/c18-14-4-6-15(7-5-14)20-17(22)12-13-2-8-16(9-3-13)21-11-1-10-19-21/h1-3,8-11,14-15H,4-7,12,18H2,(H,20,22). The lowest BCUT2D eigenvalue weighted by atomic mass is 9.91. The molecule has 116 valence electrons. The third kappa shape index (κ3) is 3.74. The first-order valence-corrected chi connectivity index (χ1v) is 7.84. The summed E-state index contributed by atoms with van der Waals surface area (Å²) in [5, 5.41) is 7.31. The van der Waals surface area contributed by atoms with Crippen LogP contribution in [-0.4, -0.2) is 27.8 Å². The molecule has 3 rings (SSSR count). The van der Waals surface area contributed by atoms with E-state index in [1.807, 2.05) is 36.5 Å². The van der Waals surface area contributed by atoms with Gasteiger partial charge in [0, 0.05) is 24.5 Å². The van der Waals surface area contributed by atoms with Gasteiger partial charge in [0.05, 0.1) is 12.1 Å². The molecule has 0 aliphatic heterocycles. The average molecular weight is 298 g/mol. The molecule has 1 aromatic heterocycles. The first-order chi connectivity index (χ1) is 10.7. The van der Waals surface area contributed by atoms with Gasteiger partial charge in [0.1, 0.15) is 0 Å². The second-order valence-corrected chi connectivity index (χ2v) is 5.97. The molecule has 22 heavy (non-hydrogen) atoms. The second-order valence-electron chi connectivity index (χ2n) is 5.97. The van der Waals surface area contributed by atoms with E-state index >= 15 is 0 Å². The van der Waals surface area contributed by atoms with Crippen LogP contribution in [-0.2, 0) is 11.2 Å². The van der Waals surface area contributed by atoms with Gasteiger partial charge in [-0.3, -0.25) is 4.79 Å². The molecule has 5 heteroatoms. The Morgan fingerprint density at radius 2 is 1.95 bits per heavy atom. The maximum absolute atomic E-state index is 12.1. The quantitative estimate of drug-likeness (QED) is 0.904. The summed E-state index contributed by atoms with van der Waals surface area (Å²) < 4.78 is 1.80. The van der Waals surface area contributed by atoms with Crippen molar-refractivity contribution in [2.45, 2.75) is 44.2 Å². The normalized spacial score (nSPS) is 21.5. The molecule has 1 heterocycles. The number of aromatic nitrogens is 2. The van der Waals surface area contributed by atoms with E-state index in [0.29, 0.717) is 12.5 Å². The Kier molecular flexibility index (Phi) is 4.53. The molecule has 0 atom stereocenters. The van der Waals surface area contributed by atoms with Gasteiger partial charge >= 0.3 is 0 Å².